The summed E-state index contributed by atoms with van der Waals surface area (Å²) in [5, 5.41) is 9.33. The van der Waals surface area contributed by atoms with E-state index in [9.17, 15) is 14.7 Å². The number of fused-ring (bicyclic) bond motifs is 1. The average Bonchev–Trinajstić information content (AvgIpc) is 2.67. The molecule has 0 aromatic carbocycles. The van der Waals surface area contributed by atoms with Gasteiger partial charge in [-0.2, -0.15) is 0 Å². The summed E-state index contributed by atoms with van der Waals surface area (Å²) >= 11 is 0. The molecule has 0 radical (unpaired) electrons. The van der Waals surface area contributed by atoms with Crippen LogP contribution in [0.2, 0.25) is 0 Å². The second kappa shape index (κ2) is 4.81. The van der Waals surface area contributed by atoms with Gasteiger partial charge in [-0.05, 0) is 20.8 Å². The Labute approximate surface area is 117 Å². The maximum Gasteiger partial charge on any atom is 0.411 e. The molecule has 2 rings (SSSR count). The fraction of sp³-hybridized carbons (Fsp3) is 0.615. The lowest BCUT2D eigenvalue weighted by Gasteiger charge is -2.34. The number of rotatable bonds is 1. The maximum atomic E-state index is 12.2. The molecule has 2 heterocycles. The number of aliphatic carboxylic acids is 1. The standard InChI is InChI=1S/C13H19N3O4/c1-13(2,3)20-12(19)16-6-8-9(15(4)7-14-8)5-10(16)11(17)18/h7,10H,5-6H2,1-4H3,(H,17,18). The number of imidazole rings is 1. The molecule has 1 aliphatic rings. The first-order valence-corrected chi connectivity index (χ1v) is 6.40. The number of amides is 1. The Hall–Kier alpha value is -2.05. The molecule has 0 saturated carbocycles. The smallest absolute Gasteiger partial charge is 0.411 e. The van der Waals surface area contributed by atoms with Gasteiger partial charge >= 0.3 is 12.1 Å². The van der Waals surface area contributed by atoms with Crippen molar-refractivity contribution in [2.75, 3.05) is 0 Å². The molecule has 110 valence electrons. The van der Waals surface area contributed by atoms with Gasteiger partial charge in [0.25, 0.3) is 0 Å². The van der Waals surface area contributed by atoms with Crippen molar-refractivity contribution in [3.8, 4) is 0 Å². The summed E-state index contributed by atoms with van der Waals surface area (Å²) < 4.78 is 7.06. The van der Waals surface area contributed by atoms with Gasteiger partial charge in [-0.3, -0.25) is 4.90 Å². The maximum absolute atomic E-state index is 12.2. The molecule has 0 aliphatic carbocycles. The largest absolute Gasteiger partial charge is 0.480 e. The summed E-state index contributed by atoms with van der Waals surface area (Å²) in [5.41, 5.74) is 0.901. The van der Waals surface area contributed by atoms with Gasteiger partial charge in [0.05, 0.1) is 18.6 Å². The fourth-order valence-electron chi connectivity index (χ4n) is 2.20. The van der Waals surface area contributed by atoms with Crippen LogP contribution < -0.4 is 0 Å². The van der Waals surface area contributed by atoms with E-state index in [0.717, 1.165) is 11.4 Å². The molecule has 1 aromatic heterocycles. The van der Waals surface area contributed by atoms with E-state index in [1.807, 2.05) is 7.05 Å². The van der Waals surface area contributed by atoms with Crippen LogP contribution in [0.4, 0.5) is 4.79 Å². The van der Waals surface area contributed by atoms with Crippen LogP contribution in [0.1, 0.15) is 32.2 Å². The van der Waals surface area contributed by atoms with Gasteiger partial charge in [0.1, 0.15) is 11.6 Å². The van der Waals surface area contributed by atoms with E-state index < -0.39 is 23.7 Å². The van der Waals surface area contributed by atoms with E-state index in [4.69, 9.17) is 4.74 Å². The first-order chi connectivity index (χ1) is 9.19. The van der Waals surface area contributed by atoms with Crippen molar-refractivity contribution in [2.24, 2.45) is 7.05 Å². The minimum absolute atomic E-state index is 0.155. The predicted octanol–water partition coefficient (Wildman–Crippen LogP) is 1.17. The van der Waals surface area contributed by atoms with E-state index >= 15 is 0 Å². The Kier molecular flexibility index (Phi) is 3.45. The number of carboxylic acids is 1. The van der Waals surface area contributed by atoms with Gasteiger partial charge in [-0.25, -0.2) is 14.6 Å². The average molecular weight is 281 g/mol. The van der Waals surface area contributed by atoms with Gasteiger partial charge < -0.3 is 14.4 Å². The minimum Gasteiger partial charge on any atom is -0.480 e. The van der Waals surface area contributed by atoms with Crippen LogP contribution >= 0.6 is 0 Å². The first kappa shape index (κ1) is 14.4. The number of hydrogen-bond donors (Lipinski definition) is 1. The van der Waals surface area contributed by atoms with Crippen molar-refractivity contribution < 1.29 is 19.4 Å². The van der Waals surface area contributed by atoms with E-state index in [1.54, 1.807) is 31.7 Å². The number of carboxylic acid groups (broad SMARTS) is 1. The number of hydrogen-bond acceptors (Lipinski definition) is 4. The Bertz CT molecular complexity index is 544. The third kappa shape index (κ3) is 2.76. The SMILES string of the molecule is Cn1cnc2c1CC(C(=O)O)N(C(=O)OC(C)(C)C)C2. The van der Waals surface area contributed by atoms with Gasteiger partial charge in [0.2, 0.25) is 0 Å². The molecule has 0 fully saturated rings. The van der Waals surface area contributed by atoms with Crippen LogP contribution in [0.5, 0.6) is 0 Å². The minimum atomic E-state index is -1.04. The number of aryl methyl sites for hydroxylation is 1. The van der Waals surface area contributed by atoms with E-state index in [-0.39, 0.29) is 13.0 Å². The fourth-order valence-corrected chi connectivity index (χ4v) is 2.20. The normalized spacial score (nSPS) is 18.6. The second-order valence-corrected chi connectivity index (χ2v) is 5.92. The van der Waals surface area contributed by atoms with Crippen LogP contribution in [-0.4, -0.2) is 43.3 Å². The third-order valence-corrected chi connectivity index (χ3v) is 3.14. The molecular formula is C13H19N3O4. The molecule has 7 nitrogen and oxygen atoms in total. The Morgan fingerprint density at radius 2 is 2.10 bits per heavy atom. The number of carbonyl (C=O) groups is 2. The quantitative estimate of drug-likeness (QED) is 0.835. The summed E-state index contributed by atoms with van der Waals surface area (Å²) in [5.74, 6) is -1.04. The highest BCUT2D eigenvalue weighted by Gasteiger charge is 2.38. The van der Waals surface area contributed by atoms with Crippen molar-refractivity contribution in [1.29, 1.82) is 0 Å². The molecule has 0 saturated heterocycles. The molecule has 20 heavy (non-hydrogen) atoms. The number of nitrogens with zero attached hydrogens (tertiary/aromatic N) is 3. The molecule has 0 spiro atoms. The zero-order valence-corrected chi connectivity index (χ0v) is 12.1. The van der Waals surface area contributed by atoms with Crippen molar-refractivity contribution in [3.05, 3.63) is 17.7 Å². The number of carbonyl (C=O) groups excluding carboxylic acids is 1. The van der Waals surface area contributed by atoms with E-state index in [2.05, 4.69) is 4.98 Å². The molecule has 7 heteroatoms. The Morgan fingerprint density at radius 3 is 2.65 bits per heavy atom. The van der Waals surface area contributed by atoms with Crippen LogP contribution in [0.15, 0.2) is 6.33 Å². The highest BCUT2D eigenvalue weighted by molar-refractivity contribution is 5.81. The van der Waals surface area contributed by atoms with Crippen molar-refractivity contribution >= 4 is 12.1 Å². The molecular weight excluding hydrogens is 262 g/mol. The lowest BCUT2D eigenvalue weighted by Crippen LogP contribution is -2.50. The molecule has 1 aliphatic heterocycles. The molecule has 1 aromatic rings. The van der Waals surface area contributed by atoms with Crippen molar-refractivity contribution in [1.82, 2.24) is 14.5 Å². The Morgan fingerprint density at radius 1 is 1.45 bits per heavy atom. The summed E-state index contributed by atoms with van der Waals surface area (Å²) in [6, 6.07) is -0.923. The molecule has 0 bridgehead atoms. The molecule has 1 amide bonds. The van der Waals surface area contributed by atoms with Crippen LogP contribution in [-0.2, 0) is 29.5 Å². The van der Waals surface area contributed by atoms with Crippen molar-refractivity contribution in [2.45, 2.75) is 45.4 Å². The summed E-state index contributed by atoms with van der Waals surface area (Å²) in [4.78, 5) is 29.0. The van der Waals surface area contributed by atoms with Crippen LogP contribution in [0.3, 0.4) is 0 Å². The zero-order valence-electron chi connectivity index (χ0n) is 12.1. The summed E-state index contributed by atoms with van der Waals surface area (Å²) in [7, 11) is 1.81. The summed E-state index contributed by atoms with van der Waals surface area (Å²) in [6.07, 6.45) is 1.24. The highest BCUT2D eigenvalue weighted by Crippen LogP contribution is 2.24. The first-order valence-electron chi connectivity index (χ1n) is 6.40. The van der Waals surface area contributed by atoms with Crippen LogP contribution in [0, 0.1) is 0 Å². The third-order valence-electron chi connectivity index (χ3n) is 3.14. The Balaban J connectivity index is 2.27. The van der Waals surface area contributed by atoms with Gasteiger partial charge in [-0.15, -0.1) is 0 Å². The molecule has 1 atom stereocenters. The molecule has 1 N–H and O–H groups in total. The summed E-state index contributed by atoms with van der Waals surface area (Å²) in [6.45, 7) is 5.40. The van der Waals surface area contributed by atoms with Gasteiger partial charge in [0.15, 0.2) is 0 Å². The highest BCUT2D eigenvalue weighted by atomic mass is 16.6. The van der Waals surface area contributed by atoms with E-state index in [1.165, 1.54) is 4.90 Å². The van der Waals surface area contributed by atoms with Crippen LogP contribution in [0.25, 0.3) is 0 Å². The second-order valence-electron chi connectivity index (χ2n) is 5.92. The lowest BCUT2D eigenvalue weighted by molar-refractivity contribution is -0.143. The molecule has 1 unspecified atom stereocenters. The predicted molar refractivity (Wildman–Crippen MR) is 70.1 cm³/mol. The monoisotopic (exact) mass is 281 g/mol. The van der Waals surface area contributed by atoms with Crippen molar-refractivity contribution in [3.63, 3.8) is 0 Å². The number of ether oxygens (including phenoxy) is 1. The zero-order chi connectivity index (χ0) is 15.1. The topological polar surface area (TPSA) is 84.7 Å². The van der Waals surface area contributed by atoms with E-state index in [0.29, 0.717) is 0 Å². The number of aromatic nitrogens is 2. The lowest BCUT2D eigenvalue weighted by atomic mass is 10.0. The van der Waals surface area contributed by atoms with Gasteiger partial charge in [0, 0.05) is 19.2 Å². The van der Waals surface area contributed by atoms with Gasteiger partial charge in [-0.1, -0.05) is 0 Å².